The van der Waals surface area contributed by atoms with Gasteiger partial charge in [0, 0.05) is 24.3 Å². The number of hydrogen-bond acceptors (Lipinski definition) is 4. The van der Waals surface area contributed by atoms with Crippen molar-refractivity contribution in [3.63, 3.8) is 0 Å². The van der Waals surface area contributed by atoms with E-state index in [2.05, 4.69) is 16.9 Å². The van der Waals surface area contributed by atoms with Crippen molar-refractivity contribution in [2.75, 3.05) is 19.3 Å². The van der Waals surface area contributed by atoms with Gasteiger partial charge in [0.2, 0.25) is 0 Å². The molecule has 0 spiro atoms. The molecule has 7 heteroatoms. The SMILES string of the molecule is CSC1(CNC(=O)NCC[C@H](O)C(=O)O)CCCCC1. The lowest BCUT2D eigenvalue weighted by molar-refractivity contribution is -0.146. The summed E-state index contributed by atoms with van der Waals surface area (Å²) in [6.07, 6.45) is 6.57. The van der Waals surface area contributed by atoms with Gasteiger partial charge >= 0.3 is 12.0 Å². The monoisotopic (exact) mass is 304 g/mol. The zero-order chi connectivity index (χ0) is 15.0. The van der Waals surface area contributed by atoms with Crippen molar-refractivity contribution in [3.05, 3.63) is 0 Å². The molecule has 6 nitrogen and oxygen atoms in total. The molecule has 1 atom stereocenters. The van der Waals surface area contributed by atoms with Gasteiger partial charge in [-0.25, -0.2) is 9.59 Å². The van der Waals surface area contributed by atoms with E-state index in [1.54, 1.807) is 0 Å². The van der Waals surface area contributed by atoms with Gasteiger partial charge in [-0.05, 0) is 19.1 Å². The highest BCUT2D eigenvalue weighted by Gasteiger charge is 2.31. The molecule has 0 aliphatic heterocycles. The lowest BCUT2D eigenvalue weighted by Gasteiger charge is -2.35. The van der Waals surface area contributed by atoms with Gasteiger partial charge in [-0.1, -0.05) is 19.3 Å². The molecule has 0 aromatic carbocycles. The average Bonchev–Trinajstić information content (AvgIpc) is 2.46. The van der Waals surface area contributed by atoms with Gasteiger partial charge in [-0.2, -0.15) is 11.8 Å². The summed E-state index contributed by atoms with van der Waals surface area (Å²) in [5, 5.41) is 23.0. The van der Waals surface area contributed by atoms with Crippen LogP contribution in [-0.4, -0.2) is 52.4 Å². The molecule has 0 aromatic rings. The average molecular weight is 304 g/mol. The van der Waals surface area contributed by atoms with Gasteiger partial charge < -0.3 is 20.8 Å². The molecule has 0 radical (unpaired) electrons. The number of hydrogen-bond donors (Lipinski definition) is 4. The van der Waals surface area contributed by atoms with Crippen LogP contribution in [0.4, 0.5) is 4.79 Å². The minimum Gasteiger partial charge on any atom is -0.479 e. The number of carbonyl (C=O) groups is 2. The normalized spacial score (nSPS) is 19.1. The number of carboxylic acids is 1. The number of carboxylic acid groups (broad SMARTS) is 1. The van der Waals surface area contributed by atoms with E-state index in [1.165, 1.54) is 19.3 Å². The fraction of sp³-hybridized carbons (Fsp3) is 0.846. The fourth-order valence-corrected chi connectivity index (χ4v) is 3.31. The molecule has 1 saturated carbocycles. The van der Waals surface area contributed by atoms with Crippen molar-refractivity contribution in [2.24, 2.45) is 0 Å². The number of aliphatic hydroxyl groups is 1. The molecule has 1 rings (SSSR count). The first-order valence-electron chi connectivity index (χ1n) is 6.97. The van der Waals surface area contributed by atoms with Gasteiger partial charge in [0.1, 0.15) is 0 Å². The van der Waals surface area contributed by atoms with Crippen LogP contribution in [0.5, 0.6) is 0 Å². The minimum atomic E-state index is -1.42. The highest BCUT2D eigenvalue weighted by molar-refractivity contribution is 8.00. The summed E-state index contributed by atoms with van der Waals surface area (Å²) in [5.74, 6) is -1.27. The Kier molecular flexibility index (Phi) is 7.15. The molecular formula is C13H24N2O4S. The molecular weight excluding hydrogens is 280 g/mol. The van der Waals surface area contributed by atoms with E-state index in [0.717, 1.165) is 12.8 Å². The largest absolute Gasteiger partial charge is 0.479 e. The van der Waals surface area contributed by atoms with Gasteiger partial charge in [0.05, 0.1) is 0 Å². The van der Waals surface area contributed by atoms with Crippen LogP contribution in [-0.2, 0) is 4.79 Å². The first kappa shape index (κ1) is 17.1. The van der Waals surface area contributed by atoms with Crippen LogP contribution < -0.4 is 10.6 Å². The molecule has 1 aliphatic rings. The summed E-state index contributed by atoms with van der Waals surface area (Å²) in [7, 11) is 0. The number of aliphatic hydroxyl groups excluding tert-OH is 1. The fourth-order valence-electron chi connectivity index (χ4n) is 2.40. The third-order valence-electron chi connectivity index (χ3n) is 3.76. The first-order chi connectivity index (χ1) is 9.49. The van der Waals surface area contributed by atoms with E-state index in [0.29, 0.717) is 6.54 Å². The minimum absolute atomic E-state index is 0.0103. The maximum Gasteiger partial charge on any atom is 0.332 e. The van der Waals surface area contributed by atoms with Crippen molar-refractivity contribution >= 4 is 23.8 Å². The van der Waals surface area contributed by atoms with E-state index < -0.39 is 12.1 Å². The Morgan fingerprint density at radius 2 is 1.90 bits per heavy atom. The number of urea groups is 1. The smallest absolute Gasteiger partial charge is 0.332 e. The van der Waals surface area contributed by atoms with Gasteiger partial charge in [0.25, 0.3) is 0 Å². The Bertz CT molecular complexity index is 332. The predicted octanol–water partition coefficient (Wildman–Crippen LogP) is 1.19. The molecule has 2 amide bonds. The first-order valence-corrected chi connectivity index (χ1v) is 8.19. The van der Waals surface area contributed by atoms with E-state index in [4.69, 9.17) is 10.2 Å². The van der Waals surface area contributed by atoms with Crippen LogP contribution in [0.2, 0.25) is 0 Å². The number of aliphatic carboxylic acids is 1. The molecule has 0 aromatic heterocycles. The second-order valence-electron chi connectivity index (χ2n) is 5.20. The summed E-state index contributed by atoms with van der Waals surface area (Å²) >= 11 is 1.81. The predicted molar refractivity (Wildman–Crippen MR) is 79.0 cm³/mol. The molecule has 4 N–H and O–H groups in total. The lowest BCUT2D eigenvalue weighted by Crippen LogP contribution is -2.46. The van der Waals surface area contributed by atoms with E-state index >= 15 is 0 Å². The van der Waals surface area contributed by atoms with Crippen LogP contribution in [0.1, 0.15) is 38.5 Å². The summed E-state index contributed by atoms with van der Waals surface area (Å²) < 4.78 is 0.135. The van der Waals surface area contributed by atoms with Crippen molar-refractivity contribution < 1.29 is 19.8 Å². The summed E-state index contributed by atoms with van der Waals surface area (Å²) in [6, 6.07) is -0.304. The molecule has 1 fully saturated rings. The summed E-state index contributed by atoms with van der Waals surface area (Å²) in [6.45, 7) is 0.771. The topological polar surface area (TPSA) is 98.7 Å². The molecule has 0 unspecified atom stereocenters. The van der Waals surface area contributed by atoms with E-state index in [9.17, 15) is 9.59 Å². The third kappa shape index (κ3) is 5.58. The van der Waals surface area contributed by atoms with E-state index in [-0.39, 0.29) is 23.7 Å². The molecule has 116 valence electrons. The molecule has 0 heterocycles. The standard InChI is InChI=1S/C13H24N2O4S/c1-20-13(6-3-2-4-7-13)9-15-12(19)14-8-5-10(16)11(17)18/h10,16H,2-9H2,1H3,(H,17,18)(H2,14,15,19)/t10-/m0/s1. The van der Waals surface area contributed by atoms with Gasteiger partial charge in [0.15, 0.2) is 6.10 Å². The second kappa shape index (κ2) is 8.36. The van der Waals surface area contributed by atoms with Gasteiger partial charge in [-0.15, -0.1) is 0 Å². The van der Waals surface area contributed by atoms with Crippen molar-refractivity contribution in [2.45, 2.75) is 49.4 Å². The maximum atomic E-state index is 11.6. The van der Waals surface area contributed by atoms with Crippen LogP contribution in [0.25, 0.3) is 0 Å². The Labute approximate surface area is 123 Å². The van der Waals surface area contributed by atoms with Crippen LogP contribution in [0.3, 0.4) is 0 Å². The Balaban J connectivity index is 2.23. The Morgan fingerprint density at radius 3 is 2.45 bits per heavy atom. The number of nitrogens with one attached hydrogen (secondary N) is 2. The molecule has 1 aliphatic carbocycles. The van der Waals surface area contributed by atoms with E-state index in [1.807, 2.05) is 11.8 Å². The summed E-state index contributed by atoms with van der Waals surface area (Å²) in [4.78, 5) is 22.0. The van der Waals surface area contributed by atoms with Crippen molar-refractivity contribution in [3.8, 4) is 0 Å². The zero-order valence-corrected chi connectivity index (χ0v) is 12.7. The number of rotatable bonds is 7. The number of amides is 2. The third-order valence-corrected chi connectivity index (χ3v) is 5.18. The molecule has 0 saturated heterocycles. The lowest BCUT2D eigenvalue weighted by atomic mass is 9.88. The van der Waals surface area contributed by atoms with Crippen molar-refractivity contribution in [1.82, 2.24) is 10.6 Å². The Hall–Kier alpha value is -0.950. The van der Waals surface area contributed by atoms with Crippen LogP contribution in [0, 0.1) is 0 Å². The number of thioether (sulfide) groups is 1. The quantitative estimate of drug-likeness (QED) is 0.566. The van der Waals surface area contributed by atoms with Crippen LogP contribution >= 0.6 is 11.8 Å². The van der Waals surface area contributed by atoms with Gasteiger partial charge in [-0.3, -0.25) is 0 Å². The highest BCUT2D eigenvalue weighted by atomic mass is 32.2. The van der Waals surface area contributed by atoms with Crippen LogP contribution in [0.15, 0.2) is 0 Å². The Morgan fingerprint density at radius 1 is 1.25 bits per heavy atom. The number of carbonyl (C=O) groups excluding carboxylic acids is 1. The summed E-state index contributed by atoms with van der Waals surface area (Å²) in [5.41, 5.74) is 0. The van der Waals surface area contributed by atoms with Crippen molar-refractivity contribution in [1.29, 1.82) is 0 Å². The second-order valence-corrected chi connectivity index (χ2v) is 6.47. The highest BCUT2D eigenvalue weighted by Crippen LogP contribution is 2.37. The molecule has 0 bridgehead atoms. The molecule has 20 heavy (non-hydrogen) atoms. The zero-order valence-electron chi connectivity index (χ0n) is 11.9. The maximum absolute atomic E-state index is 11.6.